The summed E-state index contributed by atoms with van der Waals surface area (Å²) in [5, 5.41) is 13.9. The molecule has 0 unspecified atom stereocenters. The first-order chi connectivity index (χ1) is 15.9. The number of pyridine rings is 1. The fourth-order valence-electron chi connectivity index (χ4n) is 4.03. The average molecular weight is 576 g/mol. The Labute approximate surface area is 234 Å². The van der Waals surface area contributed by atoms with E-state index < -0.39 is 5.97 Å². The highest BCUT2D eigenvalue weighted by Gasteiger charge is 2.21. The number of benzene rings is 2. The third kappa shape index (κ3) is 7.53. The summed E-state index contributed by atoms with van der Waals surface area (Å²) in [6.07, 6.45) is 2.20. The van der Waals surface area contributed by atoms with Gasteiger partial charge in [0.05, 0.1) is 11.1 Å². The predicted molar refractivity (Wildman–Crippen MR) is 154 cm³/mol. The van der Waals surface area contributed by atoms with Crippen LogP contribution in [0.5, 0.6) is 0 Å². The van der Waals surface area contributed by atoms with Crippen molar-refractivity contribution >= 4 is 88.8 Å². The first-order valence-electron chi connectivity index (χ1n) is 11.2. The normalized spacial score (nSPS) is 12.7. The van der Waals surface area contributed by atoms with Crippen LogP contribution >= 0.6 is 48.8 Å². The van der Waals surface area contributed by atoms with Crippen molar-refractivity contribution in [3.05, 3.63) is 59.1 Å². The molecule has 7 nitrogen and oxygen atoms in total. The molecule has 0 atom stereocenters. The van der Waals surface area contributed by atoms with E-state index in [-0.39, 0.29) is 48.7 Å². The Bertz CT molecular complexity index is 1170. The third-order valence-electron chi connectivity index (χ3n) is 5.86. The molecule has 2 N–H and O–H groups in total. The number of nitrogens with one attached hydrogen (secondary N) is 1. The Morgan fingerprint density at radius 1 is 0.972 bits per heavy atom. The minimum atomic E-state index is -1.02. The number of carbonyl (C=O) groups is 2. The van der Waals surface area contributed by atoms with Crippen LogP contribution in [0.25, 0.3) is 10.9 Å². The topological polar surface area (TPSA) is 85.8 Å². The van der Waals surface area contributed by atoms with E-state index in [1.54, 1.807) is 24.3 Å². The minimum Gasteiger partial charge on any atom is -0.478 e. The van der Waals surface area contributed by atoms with Crippen molar-refractivity contribution in [1.82, 2.24) is 4.98 Å². The number of hydrogen-bond acceptors (Lipinski definition) is 5. The van der Waals surface area contributed by atoms with Gasteiger partial charge in [0.2, 0.25) is 5.91 Å². The second-order valence-electron chi connectivity index (χ2n) is 8.17. The molecule has 0 aliphatic carbocycles. The number of unbranched alkanes of at least 4 members (excludes halogenated alkanes) is 1. The van der Waals surface area contributed by atoms with Crippen LogP contribution in [0.4, 0.5) is 17.2 Å². The molecular formula is C25H30Cl4N4O3. The molecule has 0 radical (unpaired) electrons. The Balaban J connectivity index is 0.00000216. The highest BCUT2D eigenvalue weighted by molar-refractivity contribution is 6.30. The minimum absolute atomic E-state index is 0. The number of rotatable bonds is 7. The maximum absolute atomic E-state index is 12.1. The molecular weight excluding hydrogens is 546 g/mol. The molecule has 4 rings (SSSR count). The molecule has 0 bridgehead atoms. The van der Waals surface area contributed by atoms with Crippen LogP contribution in [-0.2, 0) is 4.79 Å². The number of fused-ring (bicyclic) bond motifs is 1. The third-order valence-corrected chi connectivity index (χ3v) is 6.11. The second-order valence-corrected chi connectivity index (χ2v) is 8.60. The van der Waals surface area contributed by atoms with Gasteiger partial charge in [0, 0.05) is 54.4 Å². The number of amides is 1. The summed E-state index contributed by atoms with van der Waals surface area (Å²) >= 11 is 5.99. The summed E-state index contributed by atoms with van der Waals surface area (Å²) in [6, 6.07) is 14.6. The summed E-state index contributed by atoms with van der Waals surface area (Å²) in [7, 11) is 0. The van der Waals surface area contributed by atoms with Gasteiger partial charge in [-0.1, -0.05) is 24.9 Å². The number of carboxylic acids is 1. The first kappa shape index (κ1) is 31.6. The number of aromatic nitrogens is 1. The van der Waals surface area contributed by atoms with Crippen LogP contribution in [0.2, 0.25) is 5.02 Å². The Morgan fingerprint density at radius 3 is 2.22 bits per heavy atom. The van der Waals surface area contributed by atoms with Crippen molar-refractivity contribution in [3.63, 3.8) is 0 Å². The molecule has 3 aromatic rings. The van der Waals surface area contributed by atoms with E-state index in [0.717, 1.165) is 44.7 Å². The van der Waals surface area contributed by atoms with Gasteiger partial charge in [0.1, 0.15) is 5.82 Å². The van der Waals surface area contributed by atoms with Gasteiger partial charge in [0.15, 0.2) is 0 Å². The molecule has 1 amide bonds. The Morgan fingerprint density at radius 2 is 1.61 bits per heavy atom. The van der Waals surface area contributed by atoms with Crippen molar-refractivity contribution in [1.29, 1.82) is 0 Å². The molecule has 2 heterocycles. The lowest BCUT2D eigenvalue weighted by atomic mass is 10.1. The van der Waals surface area contributed by atoms with Crippen molar-refractivity contribution in [2.75, 3.05) is 41.3 Å². The number of nitrogens with zero attached hydrogens (tertiary/aromatic N) is 3. The maximum atomic E-state index is 12.1. The number of halogens is 4. The zero-order chi connectivity index (χ0) is 23.4. The lowest BCUT2D eigenvalue weighted by molar-refractivity contribution is -0.116. The molecule has 1 aliphatic heterocycles. The summed E-state index contributed by atoms with van der Waals surface area (Å²) in [4.78, 5) is 33.2. The van der Waals surface area contributed by atoms with E-state index in [9.17, 15) is 14.7 Å². The summed E-state index contributed by atoms with van der Waals surface area (Å²) in [5.74, 6) is -0.440. The average Bonchev–Trinajstić information content (AvgIpc) is 2.82. The number of hydrogen-bond donors (Lipinski definition) is 2. The maximum Gasteiger partial charge on any atom is 0.336 e. The molecule has 0 saturated carbocycles. The SMILES string of the molecule is CCCCC(=O)Nc1ccc2nc(N3CCN(c4ccc(Cl)cc4)CC3)cc(C(=O)O)c2c1.Cl.Cl.Cl. The molecule has 2 aromatic carbocycles. The number of piperazine rings is 1. The smallest absolute Gasteiger partial charge is 0.336 e. The van der Waals surface area contributed by atoms with Crippen LogP contribution in [0.1, 0.15) is 36.5 Å². The summed E-state index contributed by atoms with van der Waals surface area (Å²) in [5.41, 5.74) is 2.47. The van der Waals surface area contributed by atoms with Crippen molar-refractivity contribution < 1.29 is 14.7 Å². The number of carboxylic acid groups (broad SMARTS) is 1. The number of anilines is 3. The first-order valence-corrected chi connectivity index (χ1v) is 11.6. The second kappa shape index (κ2) is 14.3. The lowest BCUT2D eigenvalue weighted by Gasteiger charge is -2.37. The van der Waals surface area contributed by atoms with Crippen LogP contribution in [0.3, 0.4) is 0 Å². The largest absolute Gasteiger partial charge is 0.478 e. The molecule has 11 heteroatoms. The van der Waals surface area contributed by atoms with Crippen LogP contribution < -0.4 is 15.1 Å². The Kier molecular flexibility index (Phi) is 12.6. The van der Waals surface area contributed by atoms with Crippen LogP contribution in [-0.4, -0.2) is 48.1 Å². The van der Waals surface area contributed by atoms with Gasteiger partial charge in [-0.2, -0.15) is 0 Å². The molecule has 0 spiro atoms. The zero-order valence-corrected chi connectivity index (χ0v) is 23.0. The van der Waals surface area contributed by atoms with E-state index in [1.807, 2.05) is 31.2 Å². The van der Waals surface area contributed by atoms with Gasteiger partial charge in [-0.25, -0.2) is 9.78 Å². The molecule has 1 aliphatic rings. The monoisotopic (exact) mass is 574 g/mol. The highest BCUT2D eigenvalue weighted by Crippen LogP contribution is 2.28. The van der Waals surface area contributed by atoms with Gasteiger partial charge >= 0.3 is 5.97 Å². The van der Waals surface area contributed by atoms with Gasteiger partial charge in [-0.05, 0) is 55.0 Å². The quantitative estimate of drug-likeness (QED) is 0.343. The van der Waals surface area contributed by atoms with Crippen LogP contribution in [0, 0.1) is 0 Å². The molecule has 1 aromatic heterocycles. The van der Waals surface area contributed by atoms with E-state index in [0.29, 0.717) is 33.9 Å². The summed E-state index contributed by atoms with van der Waals surface area (Å²) < 4.78 is 0. The molecule has 1 fully saturated rings. The predicted octanol–water partition coefficient (Wildman–Crippen LogP) is 6.31. The number of aromatic carboxylic acids is 1. The van der Waals surface area contributed by atoms with E-state index in [2.05, 4.69) is 15.1 Å². The molecule has 1 saturated heterocycles. The Hall–Kier alpha value is -2.45. The van der Waals surface area contributed by atoms with E-state index in [4.69, 9.17) is 16.6 Å². The van der Waals surface area contributed by atoms with Crippen molar-refractivity contribution in [2.24, 2.45) is 0 Å². The molecule has 196 valence electrons. The number of carbonyl (C=O) groups excluding carboxylic acids is 1. The molecule has 36 heavy (non-hydrogen) atoms. The lowest BCUT2D eigenvalue weighted by Crippen LogP contribution is -2.46. The van der Waals surface area contributed by atoms with Crippen molar-refractivity contribution in [3.8, 4) is 0 Å². The van der Waals surface area contributed by atoms with Crippen LogP contribution in [0.15, 0.2) is 48.5 Å². The fraction of sp³-hybridized carbons (Fsp3) is 0.320. The van der Waals surface area contributed by atoms with E-state index in [1.165, 1.54) is 0 Å². The fourth-order valence-corrected chi connectivity index (χ4v) is 4.16. The summed E-state index contributed by atoms with van der Waals surface area (Å²) in [6.45, 7) is 5.08. The van der Waals surface area contributed by atoms with Gasteiger partial charge in [0.25, 0.3) is 0 Å². The highest BCUT2D eigenvalue weighted by atomic mass is 35.5. The van der Waals surface area contributed by atoms with Gasteiger partial charge in [-0.3, -0.25) is 4.79 Å². The zero-order valence-electron chi connectivity index (χ0n) is 19.8. The van der Waals surface area contributed by atoms with Gasteiger partial charge < -0.3 is 20.2 Å². The van der Waals surface area contributed by atoms with E-state index >= 15 is 0 Å². The standard InChI is InChI=1S/C25H27ClN4O3.3ClH/c1-2-3-4-24(31)27-18-7-10-22-20(15-18)21(25(32)33)16-23(28-22)30-13-11-29(12-14-30)19-8-5-17(26)6-9-19;;;/h5-10,15-16H,2-4,11-14H2,1H3,(H,27,31)(H,32,33);3*1H. The van der Waals surface area contributed by atoms with Crippen molar-refractivity contribution in [2.45, 2.75) is 26.2 Å². The van der Waals surface area contributed by atoms with Gasteiger partial charge in [-0.15, -0.1) is 37.2 Å².